The van der Waals surface area contributed by atoms with E-state index >= 15 is 0 Å². The van der Waals surface area contributed by atoms with E-state index in [1.165, 1.54) is 0 Å². The van der Waals surface area contributed by atoms with Crippen molar-refractivity contribution in [3.05, 3.63) is 27.7 Å². The molecule has 0 aromatic heterocycles. The van der Waals surface area contributed by atoms with E-state index in [4.69, 9.17) is 5.11 Å². The Kier molecular flexibility index (Phi) is 4.96. The number of anilines is 1. The Morgan fingerprint density at radius 1 is 1.38 bits per heavy atom. The zero-order chi connectivity index (χ0) is 12.1. The lowest BCUT2D eigenvalue weighted by atomic mass is 10.1. The number of aliphatic hydroxyl groups is 1. The molecule has 0 atom stereocenters. The van der Waals surface area contributed by atoms with Gasteiger partial charge in [-0.1, -0.05) is 15.9 Å². The standard InChI is InChI=1S/C12H16BrNO2/c1-8-6-10(13)7-9(2)12(8)14-11(16)4-3-5-15/h6-7,15H,3-5H2,1-2H3,(H,14,16). The molecule has 2 N–H and O–H groups in total. The number of benzene rings is 1. The lowest BCUT2D eigenvalue weighted by Crippen LogP contribution is -2.13. The number of amides is 1. The number of nitrogens with one attached hydrogen (secondary N) is 1. The van der Waals surface area contributed by atoms with Crippen molar-refractivity contribution in [2.45, 2.75) is 26.7 Å². The molecule has 0 saturated carbocycles. The van der Waals surface area contributed by atoms with E-state index in [0.29, 0.717) is 12.8 Å². The van der Waals surface area contributed by atoms with Gasteiger partial charge in [0.05, 0.1) is 0 Å². The fourth-order valence-corrected chi connectivity index (χ4v) is 2.24. The number of hydrogen-bond acceptors (Lipinski definition) is 2. The van der Waals surface area contributed by atoms with Crippen LogP contribution < -0.4 is 5.32 Å². The van der Waals surface area contributed by atoms with E-state index in [0.717, 1.165) is 21.3 Å². The normalized spacial score (nSPS) is 10.2. The largest absolute Gasteiger partial charge is 0.396 e. The molecular formula is C12H16BrNO2. The molecule has 1 amide bonds. The predicted octanol–water partition coefficient (Wildman–Crippen LogP) is 2.78. The molecule has 0 heterocycles. The minimum Gasteiger partial charge on any atom is -0.396 e. The third-order valence-corrected chi connectivity index (χ3v) is 2.78. The molecule has 1 aromatic carbocycles. The smallest absolute Gasteiger partial charge is 0.224 e. The number of rotatable bonds is 4. The van der Waals surface area contributed by atoms with Gasteiger partial charge < -0.3 is 10.4 Å². The molecule has 0 aliphatic rings. The van der Waals surface area contributed by atoms with Gasteiger partial charge >= 0.3 is 0 Å². The highest BCUT2D eigenvalue weighted by molar-refractivity contribution is 9.10. The Labute approximate surface area is 104 Å². The van der Waals surface area contributed by atoms with E-state index in [1.54, 1.807) is 0 Å². The highest BCUT2D eigenvalue weighted by Gasteiger charge is 2.07. The Hall–Kier alpha value is -0.870. The molecule has 0 radical (unpaired) electrons. The Morgan fingerprint density at radius 3 is 2.44 bits per heavy atom. The van der Waals surface area contributed by atoms with Crippen molar-refractivity contribution in [1.82, 2.24) is 0 Å². The van der Waals surface area contributed by atoms with Gasteiger partial charge in [-0.15, -0.1) is 0 Å². The Morgan fingerprint density at radius 2 is 1.94 bits per heavy atom. The molecule has 0 spiro atoms. The summed E-state index contributed by atoms with van der Waals surface area (Å²) in [5.74, 6) is -0.0532. The van der Waals surface area contributed by atoms with Crippen LogP contribution in [-0.2, 0) is 4.79 Å². The molecule has 4 heteroatoms. The Balaban J connectivity index is 2.77. The van der Waals surface area contributed by atoms with Gasteiger partial charge in [0.2, 0.25) is 5.91 Å². The summed E-state index contributed by atoms with van der Waals surface area (Å²) in [6.07, 6.45) is 0.853. The van der Waals surface area contributed by atoms with Crippen molar-refractivity contribution >= 4 is 27.5 Å². The molecule has 16 heavy (non-hydrogen) atoms. The van der Waals surface area contributed by atoms with Gasteiger partial charge in [-0.05, 0) is 43.5 Å². The molecular weight excluding hydrogens is 270 g/mol. The topological polar surface area (TPSA) is 49.3 Å². The fraction of sp³-hybridized carbons (Fsp3) is 0.417. The molecule has 88 valence electrons. The number of carbonyl (C=O) groups is 1. The second-order valence-corrected chi connectivity index (χ2v) is 4.71. The van der Waals surface area contributed by atoms with E-state index in [1.807, 2.05) is 26.0 Å². The first-order valence-corrected chi connectivity index (χ1v) is 6.01. The summed E-state index contributed by atoms with van der Waals surface area (Å²) in [5.41, 5.74) is 2.93. The summed E-state index contributed by atoms with van der Waals surface area (Å²) in [6.45, 7) is 3.96. The summed E-state index contributed by atoms with van der Waals surface area (Å²) in [6, 6.07) is 3.93. The quantitative estimate of drug-likeness (QED) is 0.894. The van der Waals surface area contributed by atoms with Crippen molar-refractivity contribution in [2.24, 2.45) is 0 Å². The van der Waals surface area contributed by atoms with Gasteiger partial charge in [0.15, 0.2) is 0 Å². The summed E-state index contributed by atoms with van der Waals surface area (Å²) < 4.78 is 1.01. The third-order valence-electron chi connectivity index (χ3n) is 2.32. The monoisotopic (exact) mass is 285 g/mol. The van der Waals surface area contributed by atoms with Crippen LogP contribution in [0.2, 0.25) is 0 Å². The van der Waals surface area contributed by atoms with E-state index in [2.05, 4.69) is 21.2 Å². The van der Waals surface area contributed by atoms with Gasteiger partial charge in [-0.25, -0.2) is 0 Å². The number of aryl methyl sites for hydroxylation is 2. The molecule has 0 bridgehead atoms. The Bertz CT molecular complexity index is 368. The maximum absolute atomic E-state index is 11.5. The van der Waals surface area contributed by atoms with Crippen LogP contribution in [0.3, 0.4) is 0 Å². The van der Waals surface area contributed by atoms with Gasteiger partial charge in [-0.2, -0.15) is 0 Å². The summed E-state index contributed by atoms with van der Waals surface area (Å²) in [5, 5.41) is 11.5. The first-order chi connectivity index (χ1) is 7.54. The summed E-state index contributed by atoms with van der Waals surface area (Å²) in [4.78, 5) is 11.5. The van der Waals surface area contributed by atoms with Crippen molar-refractivity contribution in [3.8, 4) is 0 Å². The van der Waals surface area contributed by atoms with Crippen LogP contribution in [-0.4, -0.2) is 17.6 Å². The number of carbonyl (C=O) groups excluding carboxylic acids is 1. The lowest BCUT2D eigenvalue weighted by molar-refractivity contribution is -0.116. The van der Waals surface area contributed by atoms with Crippen LogP contribution in [0.15, 0.2) is 16.6 Å². The van der Waals surface area contributed by atoms with Gasteiger partial charge in [0.25, 0.3) is 0 Å². The van der Waals surface area contributed by atoms with Crippen LogP contribution >= 0.6 is 15.9 Å². The minimum absolute atomic E-state index is 0.0473. The highest BCUT2D eigenvalue weighted by atomic mass is 79.9. The fourth-order valence-electron chi connectivity index (χ4n) is 1.55. The summed E-state index contributed by atoms with van der Waals surface area (Å²) in [7, 11) is 0. The summed E-state index contributed by atoms with van der Waals surface area (Å²) >= 11 is 3.41. The average Bonchev–Trinajstić information content (AvgIpc) is 2.20. The van der Waals surface area contributed by atoms with Crippen molar-refractivity contribution in [1.29, 1.82) is 0 Å². The van der Waals surface area contributed by atoms with Crippen LogP contribution in [0.4, 0.5) is 5.69 Å². The molecule has 0 aliphatic heterocycles. The van der Waals surface area contributed by atoms with Gasteiger partial charge in [0.1, 0.15) is 0 Å². The van der Waals surface area contributed by atoms with E-state index in [-0.39, 0.29) is 12.5 Å². The highest BCUT2D eigenvalue weighted by Crippen LogP contribution is 2.25. The molecule has 1 rings (SSSR count). The van der Waals surface area contributed by atoms with E-state index in [9.17, 15) is 4.79 Å². The van der Waals surface area contributed by atoms with Crippen LogP contribution in [0.5, 0.6) is 0 Å². The lowest BCUT2D eigenvalue weighted by Gasteiger charge is -2.12. The first-order valence-electron chi connectivity index (χ1n) is 5.22. The molecule has 1 aromatic rings. The number of aliphatic hydroxyl groups excluding tert-OH is 1. The zero-order valence-corrected chi connectivity index (χ0v) is 11.1. The maximum atomic E-state index is 11.5. The number of halogens is 1. The van der Waals surface area contributed by atoms with Gasteiger partial charge in [-0.3, -0.25) is 4.79 Å². The zero-order valence-electron chi connectivity index (χ0n) is 9.51. The molecule has 0 aliphatic carbocycles. The van der Waals surface area contributed by atoms with Crippen LogP contribution in [0.1, 0.15) is 24.0 Å². The van der Waals surface area contributed by atoms with Crippen molar-refractivity contribution < 1.29 is 9.90 Å². The second kappa shape index (κ2) is 6.01. The minimum atomic E-state index is -0.0532. The van der Waals surface area contributed by atoms with Crippen LogP contribution in [0.25, 0.3) is 0 Å². The van der Waals surface area contributed by atoms with Crippen LogP contribution in [0, 0.1) is 13.8 Å². The predicted molar refractivity (Wildman–Crippen MR) is 68.6 cm³/mol. The molecule has 0 unspecified atom stereocenters. The third kappa shape index (κ3) is 3.61. The molecule has 0 saturated heterocycles. The second-order valence-electron chi connectivity index (χ2n) is 3.79. The maximum Gasteiger partial charge on any atom is 0.224 e. The number of hydrogen-bond donors (Lipinski definition) is 2. The van der Waals surface area contributed by atoms with Crippen molar-refractivity contribution in [3.63, 3.8) is 0 Å². The molecule has 3 nitrogen and oxygen atoms in total. The first kappa shape index (κ1) is 13.2. The van der Waals surface area contributed by atoms with E-state index < -0.39 is 0 Å². The van der Waals surface area contributed by atoms with Gasteiger partial charge in [0, 0.05) is 23.2 Å². The van der Waals surface area contributed by atoms with Crippen molar-refractivity contribution in [2.75, 3.05) is 11.9 Å². The average molecular weight is 286 g/mol. The molecule has 0 fully saturated rings. The SMILES string of the molecule is Cc1cc(Br)cc(C)c1NC(=O)CCCO.